The van der Waals surface area contributed by atoms with Gasteiger partial charge in [-0.1, -0.05) is 24.6 Å². The lowest BCUT2D eigenvalue weighted by molar-refractivity contribution is 0.289. The van der Waals surface area contributed by atoms with Crippen molar-refractivity contribution < 1.29 is 9.13 Å². The van der Waals surface area contributed by atoms with E-state index in [1.54, 1.807) is 30.3 Å². The van der Waals surface area contributed by atoms with Gasteiger partial charge in [0.1, 0.15) is 6.61 Å². The van der Waals surface area contributed by atoms with Crippen molar-refractivity contribution in [3.8, 4) is 17.1 Å². The van der Waals surface area contributed by atoms with Gasteiger partial charge in [-0.2, -0.15) is 4.37 Å². The summed E-state index contributed by atoms with van der Waals surface area (Å²) in [7, 11) is 0. The third-order valence-corrected chi connectivity index (χ3v) is 4.50. The fourth-order valence-electron chi connectivity index (χ4n) is 2.21. The summed E-state index contributed by atoms with van der Waals surface area (Å²) in [4.78, 5) is 4.40. The average molecular weight is 376 g/mol. The van der Waals surface area contributed by atoms with E-state index in [0.29, 0.717) is 22.3 Å². The van der Waals surface area contributed by atoms with Crippen molar-refractivity contribution in [2.24, 2.45) is 0 Å². The van der Waals surface area contributed by atoms with Crippen LogP contribution in [-0.2, 0) is 6.61 Å². The highest BCUT2D eigenvalue weighted by atomic mass is 35.5. The Hall–Kier alpha value is -2.31. The molecular formula is C18H15ClFN3OS. The van der Waals surface area contributed by atoms with E-state index < -0.39 is 5.82 Å². The van der Waals surface area contributed by atoms with Gasteiger partial charge in [-0.3, -0.25) is 0 Å². The van der Waals surface area contributed by atoms with Gasteiger partial charge in [0.05, 0.1) is 0 Å². The van der Waals surface area contributed by atoms with Gasteiger partial charge in [-0.05, 0) is 54.4 Å². The minimum atomic E-state index is -0.517. The van der Waals surface area contributed by atoms with Gasteiger partial charge in [-0.15, -0.1) is 0 Å². The van der Waals surface area contributed by atoms with E-state index in [0.717, 1.165) is 5.56 Å². The molecule has 0 aliphatic carbocycles. The first-order valence-electron chi connectivity index (χ1n) is 7.66. The van der Waals surface area contributed by atoms with Gasteiger partial charge in [0.2, 0.25) is 0 Å². The number of rotatable bonds is 6. The monoisotopic (exact) mass is 375 g/mol. The fraction of sp³-hybridized carbons (Fsp3) is 0.167. The minimum Gasteiger partial charge on any atom is -0.483 e. The topological polar surface area (TPSA) is 58.9 Å². The predicted octanol–water partition coefficient (Wildman–Crippen LogP) is 5.35. The summed E-state index contributed by atoms with van der Waals surface area (Å²) in [5.41, 5.74) is 1.36. The molecule has 0 aliphatic rings. The van der Waals surface area contributed by atoms with Gasteiger partial charge in [-0.25, -0.2) is 9.37 Å². The second-order valence-electron chi connectivity index (χ2n) is 5.26. The molecule has 3 aromatic rings. The quantitative estimate of drug-likeness (QED) is 0.590. The van der Waals surface area contributed by atoms with Crippen LogP contribution in [0.5, 0.6) is 5.75 Å². The number of nitrogens with zero attached hydrogens (tertiary/aromatic N) is 2. The normalized spacial score (nSPS) is 10.7. The first-order chi connectivity index (χ1) is 12.1. The zero-order valence-electron chi connectivity index (χ0n) is 13.4. The molecule has 1 aromatic heterocycles. The molecule has 0 atom stereocenters. The molecule has 0 bridgehead atoms. The summed E-state index contributed by atoms with van der Waals surface area (Å²) in [5.74, 6) is 0.179. The van der Waals surface area contributed by atoms with Crippen molar-refractivity contribution >= 4 is 28.8 Å². The third kappa shape index (κ3) is 4.03. The van der Waals surface area contributed by atoms with Gasteiger partial charge >= 0.3 is 0 Å². The van der Waals surface area contributed by atoms with Gasteiger partial charge in [0.15, 0.2) is 22.4 Å². The van der Waals surface area contributed by atoms with E-state index in [4.69, 9.17) is 21.7 Å². The summed E-state index contributed by atoms with van der Waals surface area (Å²) in [6.07, 6.45) is 0.460. The van der Waals surface area contributed by atoms with Crippen LogP contribution < -0.4 is 4.74 Å². The molecule has 3 rings (SSSR count). The van der Waals surface area contributed by atoms with Crippen LogP contribution in [0.1, 0.15) is 23.9 Å². The molecule has 2 aromatic carbocycles. The van der Waals surface area contributed by atoms with Gasteiger partial charge in [0.25, 0.3) is 0 Å². The Bertz CT molecular complexity index is 896. The van der Waals surface area contributed by atoms with Crippen LogP contribution in [0.15, 0.2) is 42.5 Å². The highest BCUT2D eigenvalue weighted by Gasteiger charge is 2.13. The van der Waals surface area contributed by atoms with Crippen molar-refractivity contribution in [2.75, 3.05) is 0 Å². The lowest BCUT2D eigenvalue weighted by Gasteiger charge is -2.09. The summed E-state index contributed by atoms with van der Waals surface area (Å²) in [6.45, 7) is 1.93. The Kier molecular flexibility index (Phi) is 5.40. The number of hydrogen-bond acceptors (Lipinski definition) is 5. The molecule has 0 saturated heterocycles. The van der Waals surface area contributed by atoms with Crippen LogP contribution in [0.3, 0.4) is 0 Å². The SMILES string of the molecule is CCC(=N)c1cccc(OCc2nc(-c3ccc(Cl)cc3)ns2)c1F. The first-order valence-corrected chi connectivity index (χ1v) is 8.81. The minimum absolute atomic E-state index is 0.110. The molecule has 0 aliphatic heterocycles. The van der Waals surface area contributed by atoms with E-state index >= 15 is 0 Å². The van der Waals surface area contributed by atoms with Gasteiger partial charge < -0.3 is 10.1 Å². The van der Waals surface area contributed by atoms with Crippen LogP contribution in [0.4, 0.5) is 4.39 Å². The molecule has 0 saturated carbocycles. The zero-order chi connectivity index (χ0) is 17.8. The number of hydrogen-bond donors (Lipinski definition) is 1. The molecule has 25 heavy (non-hydrogen) atoms. The maximum Gasteiger partial charge on any atom is 0.174 e. The Morgan fingerprint density at radius 3 is 2.72 bits per heavy atom. The number of aromatic nitrogens is 2. The number of halogens is 2. The molecule has 0 fully saturated rings. The lowest BCUT2D eigenvalue weighted by Crippen LogP contribution is -2.04. The van der Waals surface area contributed by atoms with E-state index in [2.05, 4.69) is 9.36 Å². The molecule has 128 valence electrons. The summed E-state index contributed by atoms with van der Waals surface area (Å²) >= 11 is 7.08. The van der Waals surface area contributed by atoms with Crippen molar-refractivity contribution in [3.05, 3.63) is 63.9 Å². The van der Waals surface area contributed by atoms with Crippen molar-refractivity contribution in [2.45, 2.75) is 20.0 Å². The number of benzene rings is 2. The molecule has 4 nitrogen and oxygen atoms in total. The first kappa shape index (κ1) is 17.5. The smallest absolute Gasteiger partial charge is 0.174 e. The molecular weight excluding hydrogens is 361 g/mol. The highest BCUT2D eigenvalue weighted by molar-refractivity contribution is 7.05. The van der Waals surface area contributed by atoms with E-state index in [-0.39, 0.29) is 23.6 Å². The Morgan fingerprint density at radius 1 is 1.24 bits per heavy atom. The van der Waals surface area contributed by atoms with Crippen molar-refractivity contribution in [3.63, 3.8) is 0 Å². The molecule has 0 radical (unpaired) electrons. The third-order valence-electron chi connectivity index (χ3n) is 3.56. The number of nitrogens with one attached hydrogen (secondary N) is 1. The second kappa shape index (κ2) is 7.72. The maximum absolute atomic E-state index is 14.4. The van der Waals surface area contributed by atoms with Crippen LogP contribution in [0.25, 0.3) is 11.4 Å². The fourth-order valence-corrected chi connectivity index (χ4v) is 2.92. The molecule has 0 unspecified atom stereocenters. The molecule has 7 heteroatoms. The largest absolute Gasteiger partial charge is 0.483 e. The highest BCUT2D eigenvalue weighted by Crippen LogP contribution is 2.24. The average Bonchev–Trinajstić information content (AvgIpc) is 3.10. The van der Waals surface area contributed by atoms with Crippen LogP contribution in [0, 0.1) is 11.2 Å². The van der Waals surface area contributed by atoms with Crippen LogP contribution in [0.2, 0.25) is 5.02 Å². The molecule has 0 amide bonds. The summed E-state index contributed by atoms with van der Waals surface area (Å²) in [5, 5.41) is 9.09. The second-order valence-corrected chi connectivity index (χ2v) is 6.53. The van der Waals surface area contributed by atoms with E-state index in [1.807, 2.05) is 19.1 Å². The van der Waals surface area contributed by atoms with Crippen LogP contribution in [-0.4, -0.2) is 15.1 Å². The summed E-state index contributed by atoms with van der Waals surface area (Å²) in [6, 6.07) is 12.0. The summed E-state index contributed by atoms with van der Waals surface area (Å²) < 4.78 is 24.2. The van der Waals surface area contributed by atoms with Crippen molar-refractivity contribution in [1.29, 1.82) is 5.41 Å². The standard InChI is InChI=1S/C18H15ClFN3OS/c1-2-14(21)13-4-3-5-15(17(13)20)24-10-16-22-18(23-25-16)11-6-8-12(19)9-7-11/h3-9,21H,2,10H2,1H3. The van der Waals surface area contributed by atoms with Gasteiger partial charge in [0, 0.05) is 21.9 Å². The van der Waals surface area contributed by atoms with E-state index in [9.17, 15) is 4.39 Å². The molecule has 1 heterocycles. The maximum atomic E-state index is 14.4. The Morgan fingerprint density at radius 2 is 2.00 bits per heavy atom. The predicted molar refractivity (Wildman–Crippen MR) is 98.2 cm³/mol. The van der Waals surface area contributed by atoms with Crippen LogP contribution >= 0.6 is 23.1 Å². The molecule has 1 N–H and O–H groups in total. The van der Waals surface area contributed by atoms with E-state index in [1.165, 1.54) is 11.5 Å². The lowest BCUT2D eigenvalue weighted by atomic mass is 10.1. The Balaban J connectivity index is 1.72. The molecule has 0 spiro atoms. The Labute approximate surface area is 153 Å². The van der Waals surface area contributed by atoms with Crippen molar-refractivity contribution in [1.82, 2.24) is 9.36 Å². The zero-order valence-corrected chi connectivity index (χ0v) is 15.0. The number of ether oxygens (including phenoxy) is 1.